The molecule has 0 aliphatic heterocycles. The molecule has 0 heterocycles. The molecule has 4 aromatic rings. The van der Waals surface area contributed by atoms with E-state index in [1.807, 2.05) is 30.3 Å². The summed E-state index contributed by atoms with van der Waals surface area (Å²) in [5.74, 6) is -0.0144. The summed E-state index contributed by atoms with van der Waals surface area (Å²) in [4.78, 5) is 37.6. The van der Waals surface area contributed by atoms with E-state index in [4.69, 9.17) is 21.1 Å². The molecule has 0 bridgehead atoms. The quantitative estimate of drug-likeness (QED) is 0.145. The van der Waals surface area contributed by atoms with Gasteiger partial charge in [0.2, 0.25) is 5.60 Å². The Morgan fingerprint density at radius 2 is 1.28 bits per heavy atom. The Morgan fingerprint density at radius 3 is 1.92 bits per heavy atom. The molecule has 6 nitrogen and oxygen atoms in total. The molecule has 198 valence electrons. The second-order valence-electron chi connectivity index (χ2n) is 9.38. The average Bonchev–Trinajstić information content (AvgIpc) is 2.94. The number of carbonyl (C=O) groups is 3. The van der Waals surface area contributed by atoms with Gasteiger partial charge in [0.15, 0.2) is 5.78 Å². The number of esters is 1. The normalized spacial score (nSPS) is 10.9. The predicted octanol–water partition coefficient (Wildman–Crippen LogP) is 6.31. The van der Waals surface area contributed by atoms with E-state index in [1.54, 1.807) is 86.6 Å². The van der Waals surface area contributed by atoms with E-state index in [2.05, 4.69) is 5.32 Å². The maximum Gasteiger partial charge on any atom is 0.355 e. The van der Waals surface area contributed by atoms with Gasteiger partial charge >= 0.3 is 5.97 Å². The first-order chi connectivity index (χ1) is 18.7. The zero-order valence-electron chi connectivity index (χ0n) is 21.6. The number of ketones is 1. The lowest BCUT2D eigenvalue weighted by Crippen LogP contribution is -2.41. The molecule has 4 aromatic carbocycles. The number of hydrogen-bond donors (Lipinski definition) is 1. The number of carbonyl (C=O) groups excluding carboxylic acids is 3. The van der Waals surface area contributed by atoms with Crippen molar-refractivity contribution in [1.82, 2.24) is 5.32 Å². The maximum atomic E-state index is 12.8. The van der Waals surface area contributed by atoms with Crippen LogP contribution in [-0.2, 0) is 11.2 Å². The third-order valence-electron chi connectivity index (χ3n) is 5.96. The molecule has 39 heavy (non-hydrogen) atoms. The maximum absolute atomic E-state index is 12.8. The molecule has 0 unspecified atom stereocenters. The molecule has 0 atom stereocenters. The lowest BCUT2D eigenvalue weighted by molar-refractivity contribution is -0.149. The summed E-state index contributed by atoms with van der Waals surface area (Å²) in [7, 11) is 0. The number of nitrogens with one attached hydrogen (secondary N) is 1. The lowest BCUT2D eigenvalue weighted by Gasteiger charge is -2.24. The van der Waals surface area contributed by atoms with Crippen molar-refractivity contribution < 1.29 is 23.9 Å². The van der Waals surface area contributed by atoms with Crippen LogP contribution in [0.5, 0.6) is 11.5 Å². The van der Waals surface area contributed by atoms with E-state index in [1.165, 1.54) is 0 Å². The Bertz CT molecular complexity index is 1430. The van der Waals surface area contributed by atoms with Gasteiger partial charge in [-0.05, 0) is 86.5 Å². The van der Waals surface area contributed by atoms with E-state index in [0.29, 0.717) is 46.2 Å². The third kappa shape index (κ3) is 7.55. The van der Waals surface area contributed by atoms with Gasteiger partial charge < -0.3 is 14.8 Å². The second kappa shape index (κ2) is 12.4. The van der Waals surface area contributed by atoms with Crippen LogP contribution in [0.1, 0.15) is 45.7 Å². The molecule has 1 N–H and O–H groups in total. The lowest BCUT2D eigenvalue weighted by atomic mass is 10.0. The molecule has 0 aliphatic carbocycles. The Balaban J connectivity index is 1.27. The number of amides is 1. The molecule has 0 aliphatic rings. The van der Waals surface area contributed by atoms with E-state index >= 15 is 0 Å². The molecule has 4 rings (SSSR count). The summed E-state index contributed by atoms with van der Waals surface area (Å²) >= 11 is 5.86. The standard InChI is InChI=1S/C32H28ClNO5/c1-32(2,31(37)38-27-18-12-24(13-19-27)29(35)23-6-4-3-5-7-23)39-28-16-8-22(9-17-28)20-21-34-30(36)25-10-14-26(33)15-11-25/h3-19H,20-21H2,1-2H3,(H,34,36). The van der Waals surface area contributed by atoms with Crippen LogP contribution in [0.25, 0.3) is 0 Å². The SMILES string of the molecule is CC(C)(Oc1ccc(CCNC(=O)c2ccc(Cl)cc2)cc1)C(=O)Oc1ccc(C(=O)c2ccccc2)cc1. The molecule has 0 spiro atoms. The highest BCUT2D eigenvalue weighted by molar-refractivity contribution is 6.30. The van der Waals surface area contributed by atoms with Gasteiger partial charge in [0.25, 0.3) is 5.91 Å². The Kier molecular flexibility index (Phi) is 8.79. The largest absolute Gasteiger partial charge is 0.476 e. The summed E-state index contributed by atoms with van der Waals surface area (Å²) in [5, 5.41) is 3.46. The van der Waals surface area contributed by atoms with E-state index in [-0.39, 0.29) is 11.7 Å². The van der Waals surface area contributed by atoms with Gasteiger partial charge in [-0.3, -0.25) is 9.59 Å². The summed E-state index contributed by atoms with van der Waals surface area (Å²) < 4.78 is 11.4. The van der Waals surface area contributed by atoms with Gasteiger partial charge in [0.05, 0.1) is 0 Å². The number of hydrogen-bond acceptors (Lipinski definition) is 5. The van der Waals surface area contributed by atoms with Crippen LogP contribution in [0, 0.1) is 0 Å². The van der Waals surface area contributed by atoms with Crippen LogP contribution in [-0.4, -0.2) is 29.8 Å². The molecule has 7 heteroatoms. The molecule has 1 amide bonds. The van der Waals surface area contributed by atoms with Gasteiger partial charge in [0, 0.05) is 28.3 Å². The minimum absolute atomic E-state index is 0.107. The van der Waals surface area contributed by atoms with Gasteiger partial charge in [-0.15, -0.1) is 0 Å². The van der Waals surface area contributed by atoms with Crippen molar-refractivity contribution in [3.63, 3.8) is 0 Å². The Hall–Kier alpha value is -4.42. The zero-order chi connectivity index (χ0) is 27.8. The van der Waals surface area contributed by atoms with Crippen LogP contribution < -0.4 is 14.8 Å². The third-order valence-corrected chi connectivity index (χ3v) is 6.21. The highest BCUT2D eigenvalue weighted by Gasteiger charge is 2.32. The van der Waals surface area contributed by atoms with Crippen LogP contribution in [0.2, 0.25) is 5.02 Å². The Morgan fingerprint density at radius 1 is 0.718 bits per heavy atom. The van der Waals surface area contributed by atoms with Crippen molar-refractivity contribution in [3.05, 3.63) is 130 Å². The van der Waals surface area contributed by atoms with Crippen LogP contribution in [0.3, 0.4) is 0 Å². The first-order valence-electron chi connectivity index (χ1n) is 12.4. The highest BCUT2D eigenvalue weighted by atomic mass is 35.5. The predicted molar refractivity (Wildman–Crippen MR) is 151 cm³/mol. The first kappa shape index (κ1) is 27.6. The summed E-state index contributed by atoms with van der Waals surface area (Å²) in [6, 6.07) is 29.4. The van der Waals surface area contributed by atoms with E-state index in [0.717, 1.165) is 5.56 Å². The number of rotatable bonds is 10. The molecule has 0 saturated heterocycles. The summed E-state index contributed by atoms with van der Waals surface area (Å²) in [6.45, 7) is 3.72. The summed E-state index contributed by atoms with van der Waals surface area (Å²) in [5.41, 5.74) is 1.39. The summed E-state index contributed by atoms with van der Waals surface area (Å²) in [6.07, 6.45) is 0.633. The number of ether oxygens (including phenoxy) is 2. The second-order valence-corrected chi connectivity index (χ2v) is 9.81. The molecule has 0 fully saturated rings. The average molecular weight is 542 g/mol. The molecule has 0 aromatic heterocycles. The molecule has 0 radical (unpaired) electrons. The van der Waals surface area contributed by atoms with Crippen molar-refractivity contribution in [3.8, 4) is 11.5 Å². The fourth-order valence-corrected chi connectivity index (χ4v) is 3.87. The van der Waals surface area contributed by atoms with Crippen LogP contribution in [0.4, 0.5) is 0 Å². The first-order valence-corrected chi connectivity index (χ1v) is 12.8. The number of halogens is 1. The van der Waals surface area contributed by atoms with E-state index < -0.39 is 11.6 Å². The van der Waals surface area contributed by atoms with E-state index in [9.17, 15) is 14.4 Å². The fourth-order valence-electron chi connectivity index (χ4n) is 3.74. The minimum atomic E-state index is -1.26. The molecular formula is C32H28ClNO5. The van der Waals surface area contributed by atoms with Crippen molar-refractivity contribution in [1.29, 1.82) is 0 Å². The smallest absolute Gasteiger partial charge is 0.355 e. The van der Waals surface area contributed by atoms with Gasteiger partial charge in [-0.2, -0.15) is 0 Å². The van der Waals surface area contributed by atoms with Gasteiger partial charge in [-0.25, -0.2) is 4.79 Å². The Labute approximate surface area is 232 Å². The monoisotopic (exact) mass is 541 g/mol. The molecule has 0 saturated carbocycles. The van der Waals surface area contributed by atoms with Crippen LogP contribution in [0.15, 0.2) is 103 Å². The van der Waals surface area contributed by atoms with Crippen molar-refractivity contribution in [2.24, 2.45) is 0 Å². The van der Waals surface area contributed by atoms with Crippen molar-refractivity contribution >= 4 is 29.3 Å². The van der Waals surface area contributed by atoms with Gasteiger partial charge in [0.1, 0.15) is 11.5 Å². The fraction of sp³-hybridized carbons (Fsp3) is 0.156. The highest BCUT2D eigenvalue weighted by Crippen LogP contribution is 2.23. The topological polar surface area (TPSA) is 81.7 Å². The van der Waals surface area contributed by atoms with Crippen LogP contribution >= 0.6 is 11.6 Å². The van der Waals surface area contributed by atoms with Gasteiger partial charge in [-0.1, -0.05) is 54.1 Å². The van der Waals surface area contributed by atoms with Crippen molar-refractivity contribution in [2.75, 3.05) is 6.54 Å². The minimum Gasteiger partial charge on any atom is -0.476 e. The zero-order valence-corrected chi connectivity index (χ0v) is 22.4. The van der Waals surface area contributed by atoms with Crippen molar-refractivity contribution in [2.45, 2.75) is 25.9 Å². The molecular weight excluding hydrogens is 514 g/mol. The number of benzene rings is 4.